The molecular formula is C31H45IN8O7. The smallest absolute Gasteiger partial charge is 0.326 e. The monoisotopic (exact) mass is 768 g/mol. The van der Waals surface area contributed by atoms with Crippen LogP contribution < -0.4 is 27.0 Å². The van der Waals surface area contributed by atoms with Crippen LogP contribution in [0.15, 0.2) is 24.3 Å². The molecule has 0 spiro atoms. The van der Waals surface area contributed by atoms with Gasteiger partial charge >= 0.3 is 5.97 Å². The van der Waals surface area contributed by atoms with Crippen LogP contribution in [0.5, 0.6) is 0 Å². The van der Waals surface area contributed by atoms with Crippen LogP contribution in [0.4, 0.5) is 0 Å². The Balaban J connectivity index is 1.57. The van der Waals surface area contributed by atoms with Crippen molar-refractivity contribution in [3.63, 3.8) is 0 Å². The molecule has 0 unspecified atom stereocenters. The summed E-state index contributed by atoms with van der Waals surface area (Å²) in [6, 6.07) is 3.35. The number of rotatable bonds is 15. The van der Waals surface area contributed by atoms with E-state index in [1.54, 1.807) is 12.1 Å². The van der Waals surface area contributed by atoms with E-state index in [4.69, 9.17) is 11.1 Å². The average Bonchev–Trinajstić information content (AvgIpc) is 3.71. The Morgan fingerprint density at radius 3 is 2.09 bits per heavy atom. The van der Waals surface area contributed by atoms with Gasteiger partial charge in [-0.05, 0) is 97.7 Å². The number of benzene rings is 1. The SMILES string of the molecule is CC(C)C[C@H](NC(=O)[C@@H]1CCCN1C(=O)c1ccc(I)cc1)C(=O)NCC(=O)N1CCC[C@H]1C(=O)N[C@@H](CCCNC(=N)N)C(=O)O. The van der Waals surface area contributed by atoms with Crippen LogP contribution in [0, 0.1) is 14.9 Å². The van der Waals surface area contributed by atoms with E-state index < -0.39 is 60.3 Å². The number of hydrogen-bond acceptors (Lipinski definition) is 7. The van der Waals surface area contributed by atoms with Crippen molar-refractivity contribution in [3.8, 4) is 0 Å². The molecule has 2 fully saturated rings. The minimum atomic E-state index is -1.22. The minimum Gasteiger partial charge on any atom is -0.480 e. The van der Waals surface area contributed by atoms with Crippen molar-refractivity contribution < 1.29 is 33.9 Å². The molecule has 2 aliphatic heterocycles. The van der Waals surface area contributed by atoms with Crippen molar-refractivity contribution >= 4 is 64.1 Å². The lowest BCUT2D eigenvalue weighted by Crippen LogP contribution is -2.55. The second-order valence-corrected chi connectivity index (χ2v) is 13.4. The summed E-state index contributed by atoms with van der Waals surface area (Å²) in [5.74, 6) is -3.78. The van der Waals surface area contributed by atoms with Gasteiger partial charge in [0.15, 0.2) is 5.96 Å². The Labute approximate surface area is 287 Å². The van der Waals surface area contributed by atoms with E-state index in [0.717, 1.165) is 3.57 Å². The second kappa shape index (κ2) is 17.8. The molecule has 4 atom stereocenters. The van der Waals surface area contributed by atoms with Crippen LogP contribution >= 0.6 is 22.6 Å². The van der Waals surface area contributed by atoms with Gasteiger partial charge in [-0.15, -0.1) is 0 Å². The summed E-state index contributed by atoms with van der Waals surface area (Å²) >= 11 is 2.15. The van der Waals surface area contributed by atoms with E-state index >= 15 is 0 Å². The van der Waals surface area contributed by atoms with Gasteiger partial charge in [0.1, 0.15) is 24.2 Å². The number of carboxylic acid groups (broad SMARTS) is 1. The van der Waals surface area contributed by atoms with E-state index in [1.807, 2.05) is 26.0 Å². The highest BCUT2D eigenvalue weighted by Gasteiger charge is 2.38. The van der Waals surface area contributed by atoms with Crippen LogP contribution in [-0.2, 0) is 24.0 Å². The Morgan fingerprint density at radius 2 is 1.51 bits per heavy atom. The molecule has 47 heavy (non-hydrogen) atoms. The number of nitrogens with two attached hydrogens (primary N) is 1. The van der Waals surface area contributed by atoms with Gasteiger partial charge in [0.2, 0.25) is 23.6 Å². The van der Waals surface area contributed by atoms with Crippen LogP contribution in [0.1, 0.15) is 69.2 Å². The molecular weight excluding hydrogens is 723 g/mol. The third kappa shape index (κ3) is 11.1. The third-order valence-electron chi connectivity index (χ3n) is 8.14. The fourth-order valence-electron chi connectivity index (χ4n) is 5.79. The van der Waals surface area contributed by atoms with Gasteiger partial charge in [-0.1, -0.05) is 13.8 Å². The predicted octanol–water partition coefficient (Wildman–Crippen LogP) is 0.367. The normalized spacial score (nSPS) is 18.7. The van der Waals surface area contributed by atoms with Gasteiger partial charge in [0, 0.05) is 28.8 Å². The Morgan fingerprint density at radius 1 is 0.936 bits per heavy atom. The van der Waals surface area contributed by atoms with Gasteiger partial charge in [-0.3, -0.25) is 29.4 Å². The summed E-state index contributed by atoms with van der Waals surface area (Å²) in [4.78, 5) is 80.6. The molecule has 1 aromatic carbocycles. The first-order valence-corrected chi connectivity index (χ1v) is 16.9. The molecule has 1 aromatic rings. The molecule has 0 bridgehead atoms. The lowest BCUT2D eigenvalue weighted by molar-refractivity contribution is -0.144. The van der Waals surface area contributed by atoms with Gasteiger partial charge in [0.25, 0.3) is 5.91 Å². The number of amides is 5. The lowest BCUT2D eigenvalue weighted by Gasteiger charge is -2.28. The summed E-state index contributed by atoms with van der Waals surface area (Å²) in [7, 11) is 0. The molecule has 0 saturated carbocycles. The van der Waals surface area contributed by atoms with E-state index in [9.17, 15) is 33.9 Å². The number of nitrogens with zero attached hydrogens (tertiary/aromatic N) is 2. The maximum absolute atomic E-state index is 13.4. The quantitative estimate of drug-likeness (QED) is 0.0566. The van der Waals surface area contributed by atoms with Crippen molar-refractivity contribution in [3.05, 3.63) is 33.4 Å². The second-order valence-electron chi connectivity index (χ2n) is 12.2. The number of nitrogens with one attached hydrogen (secondary N) is 5. The summed E-state index contributed by atoms with van der Waals surface area (Å²) in [5.41, 5.74) is 5.71. The van der Waals surface area contributed by atoms with E-state index in [1.165, 1.54) is 9.80 Å². The van der Waals surface area contributed by atoms with E-state index in [-0.39, 0.29) is 37.3 Å². The summed E-state index contributed by atoms with van der Waals surface area (Å²) in [6.45, 7) is 4.35. The number of carbonyl (C=O) groups excluding carboxylic acids is 5. The van der Waals surface area contributed by atoms with Crippen molar-refractivity contribution in [2.45, 2.75) is 83.0 Å². The summed E-state index contributed by atoms with van der Waals surface area (Å²) < 4.78 is 0.984. The van der Waals surface area contributed by atoms with Crippen molar-refractivity contribution in [1.29, 1.82) is 5.41 Å². The van der Waals surface area contributed by atoms with E-state index in [2.05, 4.69) is 43.9 Å². The van der Waals surface area contributed by atoms with E-state index in [0.29, 0.717) is 50.6 Å². The number of carbonyl (C=O) groups is 6. The molecule has 0 aliphatic carbocycles. The van der Waals surface area contributed by atoms with Crippen LogP contribution in [0.2, 0.25) is 0 Å². The zero-order chi connectivity index (χ0) is 34.7. The number of halogens is 1. The van der Waals surface area contributed by atoms with Gasteiger partial charge in [0.05, 0.1) is 6.54 Å². The topological polar surface area (TPSA) is 227 Å². The number of aliphatic carboxylic acids is 1. The molecule has 16 heteroatoms. The number of likely N-dealkylation sites (tertiary alicyclic amines) is 2. The number of hydrogen-bond donors (Lipinski definition) is 7. The fraction of sp³-hybridized carbons (Fsp3) is 0.581. The molecule has 5 amide bonds. The molecule has 3 rings (SSSR count). The zero-order valence-corrected chi connectivity index (χ0v) is 28.9. The highest BCUT2D eigenvalue weighted by Crippen LogP contribution is 2.22. The molecule has 0 aromatic heterocycles. The van der Waals surface area contributed by atoms with Crippen LogP contribution in [0.25, 0.3) is 0 Å². The minimum absolute atomic E-state index is 0.0296. The van der Waals surface area contributed by atoms with Crippen LogP contribution in [-0.4, -0.2) is 107 Å². The Kier molecular flexibility index (Phi) is 14.2. The molecule has 258 valence electrons. The third-order valence-corrected chi connectivity index (χ3v) is 8.86. The fourth-order valence-corrected chi connectivity index (χ4v) is 6.15. The molecule has 0 radical (unpaired) electrons. The first kappa shape index (κ1) is 37.5. The first-order chi connectivity index (χ1) is 22.3. The number of carboxylic acids is 1. The van der Waals surface area contributed by atoms with Crippen molar-refractivity contribution in [2.24, 2.45) is 11.7 Å². The lowest BCUT2D eigenvalue weighted by atomic mass is 10.0. The largest absolute Gasteiger partial charge is 0.480 e. The standard InChI is InChI=1S/C31H45IN8O7/c1-18(2)16-22(38-28(44)24-8-5-15-40(24)29(45)19-9-11-20(32)12-10-19)26(42)36-17-25(41)39-14-4-7-23(39)27(43)37-21(30(46)47)6-3-13-35-31(33)34/h9-12,18,21-24H,3-8,13-17H2,1-2H3,(H,36,42)(H,37,43)(H,38,44)(H,46,47)(H4,33,34,35)/t21-,22-,23-,24-/m0/s1. The highest BCUT2D eigenvalue weighted by atomic mass is 127. The molecule has 2 saturated heterocycles. The van der Waals surface area contributed by atoms with Crippen LogP contribution in [0.3, 0.4) is 0 Å². The van der Waals surface area contributed by atoms with Gasteiger partial charge < -0.3 is 41.9 Å². The Hall–Kier alpha value is -3.96. The molecule has 2 heterocycles. The van der Waals surface area contributed by atoms with Gasteiger partial charge in [-0.2, -0.15) is 0 Å². The number of guanidine groups is 1. The maximum Gasteiger partial charge on any atom is 0.326 e. The van der Waals surface area contributed by atoms with Crippen molar-refractivity contribution in [2.75, 3.05) is 26.2 Å². The van der Waals surface area contributed by atoms with Gasteiger partial charge in [-0.25, -0.2) is 4.79 Å². The average molecular weight is 769 g/mol. The maximum atomic E-state index is 13.4. The predicted molar refractivity (Wildman–Crippen MR) is 181 cm³/mol. The first-order valence-electron chi connectivity index (χ1n) is 15.8. The highest BCUT2D eigenvalue weighted by molar-refractivity contribution is 14.1. The Bertz CT molecular complexity index is 1330. The molecule has 8 N–H and O–H groups in total. The zero-order valence-electron chi connectivity index (χ0n) is 26.7. The summed E-state index contributed by atoms with van der Waals surface area (Å²) in [6.07, 6.45) is 2.73. The molecule has 2 aliphatic rings. The molecule has 15 nitrogen and oxygen atoms in total. The van der Waals surface area contributed by atoms with Crippen molar-refractivity contribution in [1.82, 2.24) is 31.1 Å². The summed E-state index contributed by atoms with van der Waals surface area (Å²) in [5, 5.41) is 27.2.